The third-order valence-electron chi connectivity index (χ3n) is 3.66. The van der Waals surface area contributed by atoms with E-state index < -0.39 is 0 Å². The Morgan fingerprint density at radius 1 is 1.17 bits per heavy atom. The molecule has 1 saturated heterocycles. The summed E-state index contributed by atoms with van der Waals surface area (Å²) in [4.78, 5) is 9.33. The average Bonchev–Trinajstić information content (AvgIpc) is 2.39. The minimum atomic E-state index is 0.0729. The highest BCUT2D eigenvalue weighted by Gasteiger charge is 2.19. The molecule has 1 aliphatic heterocycles. The molecule has 0 unspecified atom stereocenters. The van der Waals surface area contributed by atoms with E-state index in [0.29, 0.717) is 6.04 Å². The van der Waals surface area contributed by atoms with Crippen LogP contribution in [0.1, 0.15) is 32.4 Å². The van der Waals surface area contributed by atoms with Gasteiger partial charge in [0, 0.05) is 44.5 Å². The summed E-state index contributed by atoms with van der Waals surface area (Å²) in [5, 5.41) is 0. The second kappa shape index (κ2) is 5.67. The van der Waals surface area contributed by atoms with Crippen molar-refractivity contribution in [3.05, 3.63) is 23.9 Å². The first-order chi connectivity index (χ1) is 8.58. The highest BCUT2D eigenvalue weighted by atomic mass is 15.3. The van der Waals surface area contributed by atoms with Gasteiger partial charge in [0.1, 0.15) is 5.82 Å². The van der Waals surface area contributed by atoms with Crippen LogP contribution in [0.3, 0.4) is 0 Å². The van der Waals surface area contributed by atoms with Crippen molar-refractivity contribution in [1.29, 1.82) is 0 Å². The Morgan fingerprint density at radius 2 is 1.83 bits per heavy atom. The first kappa shape index (κ1) is 13.3. The van der Waals surface area contributed by atoms with Crippen LogP contribution < -0.4 is 10.6 Å². The monoisotopic (exact) mass is 248 g/mol. The molecule has 2 heterocycles. The lowest BCUT2D eigenvalue weighted by Gasteiger charge is -2.37. The largest absolute Gasteiger partial charge is 0.354 e. The predicted molar refractivity (Wildman–Crippen MR) is 75.8 cm³/mol. The summed E-state index contributed by atoms with van der Waals surface area (Å²) in [7, 11) is 0. The topological polar surface area (TPSA) is 45.4 Å². The molecular weight excluding hydrogens is 224 g/mol. The molecule has 1 aromatic rings. The van der Waals surface area contributed by atoms with Crippen LogP contribution in [0.15, 0.2) is 18.3 Å². The average molecular weight is 248 g/mol. The Balaban J connectivity index is 2.03. The Morgan fingerprint density at radius 3 is 2.39 bits per heavy atom. The van der Waals surface area contributed by atoms with Crippen molar-refractivity contribution in [2.24, 2.45) is 5.73 Å². The molecule has 2 N–H and O–H groups in total. The van der Waals surface area contributed by atoms with Gasteiger partial charge in [-0.2, -0.15) is 0 Å². The van der Waals surface area contributed by atoms with Crippen molar-refractivity contribution in [1.82, 2.24) is 9.88 Å². The van der Waals surface area contributed by atoms with E-state index in [2.05, 4.69) is 34.7 Å². The smallest absolute Gasteiger partial charge is 0.128 e. The molecule has 0 radical (unpaired) electrons. The maximum Gasteiger partial charge on any atom is 0.128 e. The number of aromatic nitrogens is 1. The second-order valence-corrected chi connectivity index (χ2v) is 5.35. The molecule has 1 aromatic heterocycles. The van der Waals surface area contributed by atoms with Gasteiger partial charge >= 0.3 is 0 Å². The molecule has 0 spiro atoms. The molecule has 0 aromatic carbocycles. The van der Waals surface area contributed by atoms with Gasteiger partial charge in [-0.25, -0.2) is 4.98 Å². The van der Waals surface area contributed by atoms with E-state index in [9.17, 15) is 0 Å². The lowest BCUT2D eigenvalue weighted by molar-refractivity contribution is 0.209. The van der Waals surface area contributed by atoms with Crippen molar-refractivity contribution < 1.29 is 0 Å². The van der Waals surface area contributed by atoms with Crippen LogP contribution >= 0.6 is 0 Å². The zero-order valence-corrected chi connectivity index (χ0v) is 11.6. The minimum absolute atomic E-state index is 0.0729. The van der Waals surface area contributed by atoms with Crippen LogP contribution in [0.4, 0.5) is 5.82 Å². The summed E-state index contributed by atoms with van der Waals surface area (Å²) in [6.45, 7) is 10.8. The summed E-state index contributed by atoms with van der Waals surface area (Å²) in [6.07, 6.45) is 1.86. The van der Waals surface area contributed by atoms with Gasteiger partial charge in [-0.15, -0.1) is 0 Å². The van der Waals surface area contributed by atoms with Crippen molar-refractivity contribution in [3.63, 3.8) is 0 Å². The minimum Gasteiger partial charge on any atom is -0.354 e. The predicted octanol–water partition coefficient (Wildman–Crippen LogP) is 1.63. The molecule has 2 rings (SSSR count). The molecule has 1 atom stereocenters. The van der Waals surface area contributed by atoms with Crippen molar-refractivity contribution >= 4 is 5.82 Å². The molecule has 0 aliphatic carbocycles. The molecule has 0 saturated carbocycles. The first-order valence-electron chi connectivity index (χ1n) is 6.78. The van der Waals surface area contributed by atoms with Crippen LogP contribution in [0.5, 0.6) is 0 Å². The quantitative estimate of drug-likeness (QED) is 0.883. The lowest BCUT2D eigenvalue weighted by atomic mass is 10.1. The third kappa shape index (κ3) is 3.00. The van der Waals surface area contributed by atoms with Gasteiger partial charge in [0.05, 0.1) is 0 Å². The molecular formula is C14H24N4. The number of rotatable bonds is 3. The van der Waals surface area contributed by atoms with Gasteiger partial charge in [0.15, 0.2) is 0 Å². The fourth-order valence-corrected chi connectivity index (χ4v) is 2.36. The number of piperazine rings is 1. The van der Waals surface area contributed by atoms with E-state index in [-0.39, 0.29) is 6.04 Å². The highest BCUT2D eigenvalue weighted by Crippen LogP contribution is 2.18. The maximum atomic E-state index is 5.92. The summed E-state index contributed by atoms with van der Waals surface area (Å²) in [5.74, 6) is 1.06. The van der Waals surface area contributed by atoms with Crippen LogP contribution in [-0.2, 0) is 0 Å². The standard InChI is InChI=1S/C14H24N4/c1-11(2)17-6-8-18(9-7-17)14-10-13(12(3)15)4-5-16-14/h4-5,10-12H,6-9,15H2,1-3H3/t12-/m0/s1. The number of hydrogen-bond acceptors (Lipinski definition) is 4. The van der Waals surface area contributed by atoms with E-state index in [1.807, 2.05) is 19.2 Å². The molecule has 100 valence electrons. The number of pyridine rings is 1. The maximum absolute atomic E-state index is 5.92. The highest BCUT2D eigenvalue weighted by molar-refractivity contribution is 5.42. The SMILES string of the molecule is CC(C)N1CCN(c2cc([C@H](C)N)ccn2)CC1. The molecule has 1 aliphatic rings. The molecule has 4 heteroatoms. The van der Waals surface area contributed by atoms with Gasteiger partial charge in [-0.3, -0.25) is 4.90 Å². The van der Waals surface area contributed by atoms with E-state index in [1.54, 1.807) is 0 Å². The molecule has 0 bridgehead atoms. The van der Waals surface area contributed by atoms with Gasteiger partial charge in [-0.05, 0) is 38.5 Å². The Hall–Kier alpha value is -1.13. The zero-order valence-electron chi connectivity index (χ0n) is 11.6. The van der Waals surface area contributed by atoms with Crippen LogP contribution in [-0.4, -0.2) is 42.1 Å². The summed E-state index contributed by atoms with van der Waals surface area (Å²) < 4.78 is 0. The van der Waals surface area contributed by atoms with Gasteiger partial charge in [0.2, 0.25) is 0 Å². The molecule has 4 nitrogen and oxygen atoms in total. The number of anilines is 1. The normalized spacial score (nSPS) is 19.3. The summed E-state index contributed by atoms with van der Waals surface area (Å²) in [5.41, 5.74) is 7.08. The molecule has 0 amide bonds. The summed E-state index contributed by atoms with van der Waals surface area (Å²) in [6, 6.07) is 4.83. The number of nitrogens with zero attached hydrogens (tertiary/aromatic N) is 3. The third-order valence-corrected chi connectivity index (χ3v) is 3.66. The van der Waals surface area contributed by atoms with Crippen molar-refractivity contribution in [2.75, 3.05) is 31.1 Å². The van der Waals surface area contributed by atoms with Crippen LogP contribution in [0, 0.1) is 0 Å². The Labute approximate surface area is 110 Å². The Bertz CT molecular complexity index is 381. The van der Waals surface area contributed by atoms with Crippen molar-refractivity contribution in [3.8, 4) is 0 Å². The van der Waals surface area contributed by atoms with E-state index in [1.165, 1.54) is 0 Å². The van der Waals surface area contributed by atoms with Gasteiger partial charge in [-0.1, -0.05) is 0 Å². The summed E-state index contributed by atoms with van der Waals surface area (Å²) >= 11 is 0. The fourth-order valence-electron chi connectivity index (χ4n) is 2.36. The first-order valence-corrected chi connectivity index (χ1v) is 6.78. The second-order valence-electron chi connectivity index (χ2n) is 5.35. The van der Waals surface area contributed by atoms with Crippen LogP contribution in [0.2, 0.25) is 0 Å². The van der Waals surface area contributed by atoms with Crippen LogP contribution in [0.25, 0.3) is 0 Å². The number of nitrogens with two attached hydrogens (primary N) is 1. The fraction of sp³-hybridized carbons (Fsp3) is 0.643. The van der Waals surface area contributed by atoms with Gasteiger partial charge in [0.25, 0.3) is 0 Å². The zero-order chi connectivity index (χ0) is 13.1. The van der Waals surface area contributed by atoms with Gasteiger partial charge < -0.3 is 10.6 Å². The molecule has 18 heavy (non-hydrogen) atoms. The Kier molecular flexibility index (Phi) is 4.19. The lowest BCUT2D eigenvalue weighted by Crippen LogP contribution is -2.49. The van der Waals surface area contributed by atoms with E-state index >= 15 is 0 Å². The molecule has 1 fully saturated rings. The number of hydrogen-bond donors (Lipinski definition) is 1. The van der Waals surface area contributed by atoms with E-state index in [4.69, 9.17) is 5.73 Å². The van der Waals surface area contributed by atoms with Crippen molar-refractivity contribution in [2.45, 2.75) is 32.9 Å². The van der Waals surface area contributed by atoms with E-state index in [0.717, 1.165) is 37.6 Å².